The zero-order valence-electron chi connectivity index (χ0n) is 18.5. The second-order valence-corrected chi connectivity index (χ2v) is 9.32. The van der Waals surface area contributed by atoms with Crippen molar-refractivity contribution in [2.45, 2.75) is 32.3 Å². The van der Waals surface area contributed by atoms with Gasteiger partial charge in [-0.2, -0.15) is 0 Å². The molecule has 33 heavy (non-hydrogen) atoms. The topological polar surface area (TPSA) is 117 Å². The number of anilines is 1. The number of thioether (sulfide) groups is 1. The molecule has 0 unspecified atom stereocenters. The van der Waals surface area contributed by atoms with Crippen LogP contribution in [0.25, 0.3) is 11.0 Å². The quantitative estimate of drug-likeness (QED) is 0.413. The summed E-state index contributed by atoms with van der Waals surface area (Å²) in [6.07, 6.45) is 0. The van der Waals surface area contributed by atoms with Crippen molar-refractivity contribution in [1.29, 1.82) is 0 Å². The largest absolute Gasteiger partial charge is 0.454 e. The molecule has 0 atom stereocenters. The number of amides is 1. The van der Waals surface area contributed by atoms with Gasteiger partial charge >= 0.3 is 5.69 Å². The van der Waals surface area contributed by atoms with Gasteiger partial charge in [-0.05, 0) is 12.8 Å². The molecule has 0 saturated heterocycles. The molecule has 12 heteroatoms. The third-order valence-corrected chi connectivity index (χ3v) is 6.17. The van der Waals surface area contributed by atoms with Crippen molar-refractivity contribution in [3.63, 3.8) is 0 Å². The molecule has 1 aliphatic heterocycles. The van der Waals surface area contributed by atoms with Crippen molar-refractivity contribution in [3.8, 4) is 11.5 Å². The van der Waals surface area contributed by atoms with Gasteiger partial charge in [0.25, 0.3) is 5.56 Å². The maximum absolute atomic E-state index is 12.9. The first-order chi connectivity index (χ1) is 15.7. The first kappa shape index (κ1) is 23.1. The molecule has 174 valence electrons. The Morgan fingerprint density at radius 2 is 1.94 bits per heavy atom. The minimum atomic E-state index is -0.503. The van der Waals surface area contributed by atoms with Gasteiger partial charge in [-0.3, -0.25) is 18.7 Å². The first-order valence-electron chi connectivity index (χ1n) is 10.2. The molecule has 1 aliphatic rings. The van der Waals surface area contributed by atoms with Gasteiger partial charge in [-0.1, -0.05) is 37.2 Å². The minimum absolute atomic E-state index is 0.0389. The normalized spacial score (nSPS) is 12.5. The molecule has 0 saturated carbocycles. The van der Waals surface area contributed by atoms with Crippen LogP contribution >= 0.6 is 23.4 Å². The summed E-state index contributed by atoms with van der Waals surface area (Å²) in [5.74, 6) is 1.17. The highest BCUT2D eigenvalue weighted by Gasteiger charge is 2.21. The van der Waals surface area contributed by atoms with E-state index in [-0.39, 0.29) is 35.4 Å². The van der Waals surface area contributed by atoms with Crippen molar-refractivity contribution in [3.05, 3.63) is 43.8 Å². The zero-order chi connectivity index (χ0) is 23.9. The lowest BCUT2D eigenvalue weighted by atomic mass is 10.2. The van der Waals surface area contributed by atoms with Crippen LogP contribution in [0, 0.1) is 12.8 Å². The lowest BCUT2D eigenvalue weighted by molar-refractivity contribution is -0.113. The van der Waals surface area contributed by atoms with E-state index in [0.29, 0.717) is 39.6 Å². The number of rotatable bonds is 6. The number of aromatic nitrogens is 4. The van der Waals surface area contributed by atoms with Crippen molar-refractivity contribution in [2.24, 2.45) is 13.0 Å². The Labute approximate surface area is 197 Å². The third kappa shape index (κ3) is 4.55. The Morgan fingerprint density at radius 3 is 2.64 bits per heavy atom. The van der Waals surface area contributed by atoms with Gasteiger partial charge < -0.3 is 14.8 Å². The molecule has 0 spiro atoms. The fraction of sp³-hybridized carbons (Fsp3) is 0.381. The Bertz CT molecular complexity index is 1380. The summed E-state index contributed by atoms with van der Waals surface area (Å²) in [7, 11) is 1.42. The van der Waals surface area contributed by atoms with Crippen LogP contribution in [0.1, 0.15) is 19.7 Å². The molecular formula is C21H22ClN5O5S. The maximum Gasteiger partial charge on any atom is 0.332 e. The van der Waals surface area contributed by atoms with E-state index in [2.05, 4.69) is 15.3 Å². The van der Waals surface area contributed by atoms with Crippen LogP contribution in [0.15, 0.2) is 26.7 Å². The Kier molecular flexibility index (Phi) is 6.35. The van der Waals surface area contributed by atoms with Crippen LogP contribution in [0.3, 0.4) is 0 Å². The number of nitrogens with zero attached hydrogens (tertiary/aromatic N) is 4. The summed E-state index contributed by atoms with van der Waals surface area (Å²) in [6, 6.07) is 3.17. The summed E-state index contributed by atoms with van der Waals surface area (Å²) in [5.41, 5.74) is -0.287. The predicted molar refractivity (Wildman–Crippen MR) is 126 cm³/mol. The molecule has 0 fully saturated rings. The van der Waals surface area contributed by atoms with E-state index < -0.39 is 11.2 Å². The Balaban J connectivity index is 1.64. The number of carbonyl (C=O) groups excluding carboxylic acids is 1. The van der Waals surface area contributed by atoms with Crippen LogP contribution in [-0.4, -0.2) is 37.6 Å². The monoisotopic (exact) mass is 491 g/mol. The van der Waals surface area contributed by atoms with E-state index in [1.165, 1.54) is 11.6 Å². The number of nitrogens with one attached hydrogen (secondary N) is 1. The van der Waals surface area contributed by atoms with Crippen LogP contribution in [0.5, 0.6) is 11.5 Å². The summed E-state index contributed by atoms with van der Waals surface area (Å²) in [6.45, 7) is 6.11. The lowest BCUT2D eigenvalue weighted by Crippen LogP contribution is -2.39. The summed E-state index contributed by atoms with van der Waals surface area (Å²) in [5, 5.41) is 3.59. The molecule has 1 aromatic carbocycles. The molecule has 2 aromatic heterocycles. The average molecular weight is 492 g/mol. The second kappa shape index (κ2) is 9.06. The van der Waals surface area contributed by atoms with E-state index in [1.54, 1.807) is 19.1 Å². The van der Waals surface area contributed by atoms with Crippen LogP contribution < -0.4 is 26.0 Å². The summed E-state index contributed by atoms with van der Waals surface area (Å²) in [4.78, 5) is 47.0. The number of fused-ring (bicyclic) bond motifs is 2. The van der Waals surface area contributed by atoms with Gasteiger partial charge in [-0.25, -0.2) is 14.8 Å². The molecular weight excluding hydrogens is 470 g/mol. The zero-order valence-corrected chi connectivity index (χ0v) is 20.0. The Morgan fingerprint density at radius 1 is 1.24 bits per heavy atom. The Hall–Kier alpha value is -3.05. The lowest BCUT2D eigenvalue weighted by Gasteiger charge is -2.15. The fourth-order valence-electron chi connectivity index (χ4n) is 3.41. The first-order valence-corrected chi connectivity index (χ1v) is 11.5. The van der Waals surface area contributed by atoms with Crippen molar-refractivity contribution < 1.29 is 14.3 Å². The average Bonchev–Trinajstić information content (AvgIpc) is 3.20. The van der Waals surface area contributed by atoms with Gasteiger partial charge in [0.15, 0.2) is 17.1 Å². The molecule has 0 aliphatic carbocycles. The molecule has 3 aromatic rings. The maximum atomic E-state index is 12.9. The van der Waals surface area contributed by atoms with Crippen LogP contribution in [0.4, 0.5) is 5.69 Å². The summed E-state index contributed by atoms with van der Waals surface area (Å²) < 4.78 is 13.1. The molecule has 4 rings (SSSR count). The van der Waals surface area contributed by atoms with E-state index in [0.717, 1.165) is 16.3 Å². The van der Waals surface area contributed by atoms with Gasteiger partial charge in [0.05, 0.1) is 16.5 Å². The highest BCUT2D eigenvalue weighted by atomic mass is 35.5. The molecule has 1 amide bonds. The molecule has 0 bridgehead atoms. The van der Waals surface area contributed by atoms with E-state index in [9.17, 15) is 14.4 Å². The second-order valence-electron chi connectivity index (χ2n) is 7.95. The number of carbonyl (C=O) groups is 1. The molecule has 3 heterocycles. The molecule has 10 nitrogen and oxygen atoms in total. The summed E-state index contributed by atoms with van der Waals surface area (Å²) >= 11 is 7.31. The van der Waals surface area contributed by atoms with Gasteiger partial charge in [-0.15, -0.1) is 0 Å². The van der Waals surface area contributed by atoms with Crippen molar-refractivity contribution >= 4 is 46.0 Å². The number of hydrogen-bond donors (Lipinski definition) is 1. The number of benzene rings is 1. The predicted octanol–water partition coefficient (Wildman–Crippen LogP) is 2.57. The molecule has 0 radical (unpaired) electrons. The van der Waals surface area contributed by atoms with E-state index in [1.807, 2.05) is 13.8 Å². The third-order valence-electron chi connectivity index (χ3n) is 4.88. The van der Waals surface area contributed by atoms with Crippen molar-refractivity contribution in [2.75, 3.05) is 17.9 Å². The van der Waals surface area contributed by atoms with E-state index in [4.69, 9.17) is 21.1 Å². The highest BCUT2D eigenvalue weighted by Crippen LogP contribution is 2.39. The number of aryl methyl sites for hydroxylation is 1. The number of halogens is 1. The highest BCUT2D eigenvalue weighted by molar-refractivity contribution is 8.00. The van der Waals surface area contributed by atoms with Gasteiger partial charge in [0.2, 0.25) is 12.7 Å². The molecule has 1 N–H and O–H groups in total. The van der Waals surface area contributed by atoms with E-state index >= 15 is 0 Å². The van der Waals surface area contributed by atoms with Crippen LogP contribution in [0.2, 0.25) is 5.02 Å². The van der Waals surface area contributed by atoms with Gasteiger partial charge in [0, 0.05) is 25.7 Å². The number of ether oxygens (including phenoxy) is 2. The number of hydrogen-bond acceptors (Lipinski definition) is 8. The van der Waals surface area contributed by atoms with Gasteiger partial charge in [0.1, 0.15) is 16.2 Å². The SMILES string of the molecule is Cc1nc(SCC(=O)Nc2cc3c(cc2Cl)OCO3)c2c(=O)n(C)c(=O)n(CC(C)C)c2n1. The van der Waals surface area contributed by atoms with Crippen molar-refractivity contribution in [1.82, 2.24) is 19.1 Å². The smallest absolute Gasteiger partial charge is 0.332 e. The standard InChI is InChI=1S/C21H22ClN5O5S/c1-10(2)7-27-18-17(20(29)26(4)21(27)30)19(24-11(3)23-18)33-8-16(28)25-13-6-15-14(5-12(13)22)31-9-32-15/h5-6,10H,7-9H2,1-4H3,(H,25,28). The fourth-order valence-corrected chi connectivity index (χ4v) is 4.47. The van der Waals surface area contributed by atoms with Crippen LogP contribution in [-0.2, 0) is 18.4 Å². The minimum Gasteiger partial charge on any atom is -0.454 e.